The fourth-order valence-electron chi connectivity index (χ4n) is 14.5. The zero-order valence-corrected chi connectivity index (χ0v) is 50.5. The second-order valence-electron chi connectivity index (χ2n) is 25.3. The smallest absolute Gasteiger partial charge is 0.256 e. The van der Waals surface area contributed by atoms with Gasteiger partial charge in [0.15, 0.2) is 0 Å². The Morgan fingerprint density at radius 3 is 1.32 bits per heavy atom. The second kappa shape index (κ2) is 21.7. The average molecular weight is 1130 g/mol. The van der Waals surface area contributed by atoms with E-state index in [1.807, 2.05) is 0 Å². The molecule has 12 aromatic carbocycles. The van der Waals surface area contributed by atoms with E-state index in [1.165, 1.54) is 125 Å². The van der Waals surface area contributed by atoms with Gasteiger partial charge < -0.3 is 18.8 Å². The lowest BCUT2D eigenvalue weighted by atomic mass is 9.34. The number of aromatic nitrogens is 2. The number of benzene rings is 12. The van der Waals surface area contributed by atoms with Gasteiger partial charge in [0.25, 0.3) is 6.71 Å². The van der Waals surface area contributed by atoms with Gasteiger partial charge in [-0.05, 0) is 146 Å². The zero-order chi connectivity index (χ0) is 59.0. The van der Waals surface area contributed by atoms with E-state index in [0.717, 1.165) is 69.4 Å². The molecule has 2 aliphatic rings. The van der Waals surface area contributed by atoms with Crippen molar-refractivity contribution in [2.24, 2.45) is 0 Å². The van der Waals surface area contributed by atoms with Crippen LogP contribution in [-0.2, 0) is 11.8 Å². The fraction of sp³-hybridized carbons (Fsp3) is 0.133. The highest BCUT2D eigenvalue weighted by molar-refractivity contribution is 6.99. The van der Waals surface area contributed by atoms with Gasteiger partial charge in [0, 0.05) is 61.5 Å². The van der Waals surface area contributed by atoms with Crippen LogP contribution in [0.15, 0.2) is 267 Å². The van der Waals surface area contributed by atoms with Crippen LogP contribution in [0, 0.1) is 0 Å². The molecule has 2 aromatic heterocycles. The molecule has 0 bridgehead atoms. The summed E-state index contributed by atoms with van der Waals surface area (Å²) in [5.41, 5.74) is 25.8. The van der Waals surface area contributed by atoms with Gasteiger partial charge in [-0.25, -0.2) is 0 Å². The summed E-state index contributed by atoms with van der Waals surface area (Å²) in [5, 5.41) is 4.96. The first-order valence-electron chi connectivity index (χ1n) is 31.7. The standard InChI is InChI=1S/C83H68BN3O/c1-5-6-7-8-11-24-55-49-78-81-80(50-55)88-79-54-64(86-75-35-22-18-31-67(75)68-32-19-23-36-76(68)86)46-48-72(79)84(81)71-47-45-63(85-73-33-20-16-29-65(73)66-30-17-21-34-74(66)85)53-77(71)87(78)82-69(60-41-37-58(38-42-60)56-25-12-9-13-26-56)51-62(83(2,3)4)52-70(82)61-43-39-59(40-44-61)57-27-14-10-15-28-57/h9-10,12-23,25-54H,5-8,11,24H2,1-4H3. The lowest BCUT2D eigenvalue weighted by Gasteiger charge is -2.42. The van der Waals surface area contributed by atoms with Crippen LogP contribution in [0.3, 0.4) is 0 Å². The third kappa shape index (κ3) is 9.05. The Balaban J connectivity index is 0.994. The number of ether oxygens (including phenoxy) is 1. The van der Waals surface area contributed by atoms with Crippen LogP contribution >= 0.6 is 0 Å². The molecule has 0 aliphatic carbocycles. The molecule has 0 fully saturated rings. The highest BCUT2D eigenvalue weighted by Crippen LogP contribution is 2.52. The van der Waals surface area contributed by atoms with Gasteiger partial charge in [0.05, 0.1) is 27.8 Å². The Morgan fingerprint density at radius 1 is 0.375 bits per heavy atom. The molecule has 0 amide bonds. The molecule has 16 rings (SSSR count). The molecular formula is C83H68BN3O. The van der Waals surface area contributed by atoms with Crippen LogP contribution in [0.2, 0.25) is 0 Å². The van der Waals surface area contributed by atoms with E-state index >= 15 is 0 Å². The first-order chi connectivity index (χ1) is 43.3. The maximum Gasteiger partial charge on any atom is 0.256 e. The molecule has 14 aromatic rings. The van der Waals surface area contributed by atoms with Gasteiger partial charge in [0.2, 0.25) is 0 Å². The molecule has 0 atom stereocenters. The number of rotatable bonds is 13. The Labute approximate surface area is 516 Å². The number of anilines is 3. The maximum absolute atomic E-state index is 7.61. The Kier molecular flexibility index (Phi) is 13.2. The molecule has 424 valence electrons. The van der Waals surface area contributed by atoms with E-state index in [2.05, 4.69) is 309 Å². The van der Waals surface area contributed by atoms with Crippen molar-refractivity contribution in [3.63, 3.8) is 0 Å². The molecule has 88 heavy (non-hydrogen) atoms. The quantitative estimate of drug-likeness (QED) is 0.0848. The van der Waals surface area contributed by atoms with Crippen molar-refractivity contribution in [3.8, 4) is 67.4 Å². The van der Waals surface area contributed by atoms with Crippen LogP contribution in [0.25, 0.3) is 99.5 Å². The molecule has 0 saturated carbocycles. The molecule has 5 heteroatoms. The van der Waals surface area contributed by atoms with Crippen LogP contribution in [-0.4, -0.2) is 15.8 Å². The molecule has 0 spiro atoms. The van der Waals surface area contributed by atoms with Crippen molar-refractivity contribution in [1.29, 1.82) is 0 Å². The molecular weight excluding hydrogens is 1070 g/mol. The van der Waals surface area contributed by atoms with Crippen molar-refractivity contribution in [3.05, 3.63) is 278 Å². The third-order valence-electron chi connectivity index (χ3n) is 18.9. The molecule has 2 aliphatic heterocycles. The van der Waals surface area contributed by atoms with E-state index in [4.69, 9.17) is 4.74 Å². The predicted molar refractivity (Wildman–Crippen MR) is 374 cm³/mol. The van der Waals surface area contributed by atoms with E-state index in [9.17, 15) is 0 Å². The molecule has 0 radical (unpaired) electrons. The average Bonchev–Trinajstić information content (AvgIpc) is 1.18. The highest BCUT2D eigenvalue weighted by Gasteiger charge is 2.44. The lowest BCUT2D eigenvalue weighted by Crippen LogP contribution is -2.59. The third-order valence-corrected chi connectivity index (χ3v) is 18.9. The minimum absolute atomic E-state index is 0.144. The number of aryl methyl sites for hydroxylation is 1. The van der Waals surface area contributed by atoms with Crippen LogP contribution < -0.4 is 26.0 Å². The van der Waals surface area contributed by atoms with Gasteiger partial charge in [0.1, 0.15) is 11.5 Å². The summed E-state index contributed by atoms with van der Waals surface area (Å²) in [6.45, 7) is 9.22. The molecule has 0 unspecified atom stereocenters. The number of fused-ring (bicyclic) bond motifs is 10. The van der Waals surface area contributed by atoms with Crippen molar-refractivity contribution >= 4 is 83.8 Å². The predicted octanol–water partition coefficient (Wildman–Crippen LogP) is 20.8. The van der Waals surface area contributed by atoms with Gasteiger partial charge in [-0.1, -0.05) is 248 Å². The SMILES string of the molecule is CCCCCCCc1cc2c3c(c1)N(c1c(-c4ccc(-c5ccccc5)cc4)cc(C(C)(C)C)cc1-c1ccc(-c4ccccc4)cc1)c1cc(-n4c5ccccc5c5ccccc54)ccc1B3c1ccc(-n3c4ccccc4c4ccccc43)cc1O2. The van der Waals surface area contributed by atoms with Crippen molar-refractivity contribution in [2.45, 2.75) is 71.6 Å². The van der Waals surface area contributed by atoms with E-state index in [1.54, 1.807) is 0 Å². The largest absolute Gasteiger partial charge is 0.458 e. The zero-order valence-electron chi connectivity index (χ0n) is 50.5. The van der Waals surface area contributed by atoms with E-state index in [0.29, 0.717) is 0 Å². The Hall–Kier alpha value is -10.1. The first kappa shape index (κ1) is 53.4. The summed E-state index contributed by atoms with van der Waals surface area (Å²) in [6.07, 6.45) is 6.92. The summed E-state index contributed by atoms with van der Waals surface area (Å²) in [5.74, 6) is 1.82. The van der Waals surface area contributed by atoms with E-state index in [-0.39, 0.29) is 12.1 Å². The van der Waals surface area contributed by atoms with Crippen molar-refractivity contribution in [2.75, 3.05) is 4.90 Å². The summed E-state index contributed by atoms with van der Waals surface area (Å²) in [4.78, 5) is 2.68. The van der Waals surface area contributed by atoms with Gasteiger partial charge >= 0.3 is 0 Å². The minimum Gasteiger partial charge on any atom is -0.458 e. The summed E-state index contributed by atoms with van der Waals surface area (Å²) >= 11 is 0. The summed E-state index contributed by atoms with van der Waals surface area (Å²) in [6, 6.07) is 99.9. The normalized spacial score (nSPS) is 12.6. The number of hydrogen-bond acceptors (Lipinski definition) is 2. The topological polar surface area (TPSA) is 22.3 Å². The monoisotopic (exact) mass is 1130 g/mol. The number of nitrogens with zero attached hydrogens (tertiary/aromatic N) is 3. The molecule has 4 heterocycles. The Bertz CT molecular complexity index is 4780. The van der Waals surface area contributed by atoms with Gasteiger partial charge in [-0.2, -0.15) is 0 Å². The van der Waals surface area contributed by atoms with E-state index < -0.39 is 0 Å². The summed E-state index contributed by atoms with van der Waals surface area (Å²) in [7, 11) is 0. The minimum atomic E-state index is -0.183. The van der Waals surface area contributed by atoms with Crippen molar-refractivity contribution < 1.29 is 4.74 Å². The molecule has 4 nitrogen and oxygen atoms in total. The first-order valence-corrected chi connectivity index (χ1v) is 31.7. The van der Waals surface area contributed by atoms with Gasteiger partial charge in [-0.3, -0.25) is 0 Å². The number of para-hydroxylation sites is 4. The summed E-state index contributed by atoms with van der Waals surface area (Å²) < 4.78 is 12.5. The maximum atomic E-state index is 7.61. The lowest BCUT2D eigenvalue weighted by molar-refractivity contribution is 0.486. The van der Waals surface area contributed by atoms with Crippen LogP contribution in [0.1, 0.15) is 70.9 Å². The number of unbranched alkanes of at least 4 members (excludes halogenated alkanes) is 4. The Morgan fingerprint density at radius 2 is 0.818 bits per heavy atom. The molecule has 0 saturated heterocycles. The van der Waals surface area contributed by atoms with Crippen LogP contribution in [0.4, 0.5) is 17.1 Å². The highest BCUT2D eigenvalue weighted by atomic mass is 16.5. The van der Waals surface area contributed by atoms with Crippen LogP contribution in [0.5, 0.6) is 11.5 Å². The fourth-order valence-corrected chi connectivity index (χ4v) is 14.5. The number of hydrogen-bond donors (Lipinski definition) is 0. The van der Waals surface area contributed by atoms with Crippen molar-refractivity contribution in [1.82, 2.24) is 9.13 Å². The molecule has 0 N–H and O–H groups in total. The van der Waals surface area contributed by atoms with Gasteiger partial charge in [-0.15, -0.1) is 0 Å². The second-order valence-corrected chi connectivity index (χ2v) is 25.3.